The van der Waals surface area contributed by atoms with Gasteiger partial charge in [0.15, 0.2) is 0 Å². The summed E-state index contributed by atoms with van der Waals surface area (Å²) < 4.78 is 0. The lowest BCUT2D eigenvalue weighted by atomic mass is 9.76. The number of amides is 2. The van der Waals surface area contributed by atoms with Crippen LogP contribution in [0, 0.1) is 11.3 Å². The standard InChI is InChI=1S/C16H28N2O3/c1-12-5-4-6-16(11-12,13(19)20)17-14(21)18-9-7-15(2,3)8-10-18/h12H,4-11H2,1-3H3,(H,17,21)(H,19,20). The number of nitrogens with zero attached hydrogens (tertiary/aromatic N) is 1. The molecule has 0 radical (unpaired) electrons. The van der Waals surface area contributed by atoms with E-state index in [1.165, 1.54) is 0 Å². The number of carboxylic acid groups (broad SMARTS) is 1. The van der Waals surface area contributed by atoms with Gasteiger partial charge in [0, 0.05) is 13.1 Å². The number of carbonyl (C=O) groups is 2. The smallest absolute Gasteiger partial charge is 0.329 e. The monoisotopic (exact) mass is 296 g/mol. The summed E-state index contributed by atoms with van der Waals surface area (Å²) in [6.07, 6.45) is 4.92. The van der Waals surface area contributed by atoms with Crippen LogP contribution in [-0.4, -0.2) is 40.6 Å². The first-order valence-corrected chi connectivity index (χ1v) is 8.05. The zero-order chi connectivity index (χ0) is 15.7. The maximum atomic E-state index is 12.4. The van der Waals surface area contributed by atoms with Crippen LogP contribution < -0.4 is 5.32 Å². The minimum Gasteiger partial charge on any atom is -0.480 e. The van der Waals surface area contributed by atoms with E-state index < -0.39 is 11.5 Å². The van der Waals surface area contributed by atoms with Gasteiger partial charge in [-0.1, -0.05) is 33.6 Å². The Kier molecular flexibility index (Phi) is 4.49. The van der Waals surface area contributed by atoms with E-state index in [4.69, 9.17) is 0 Å². The minimum atomic E-state index is -1.07. The predicted octanol–water partition coefficient (Wildman–Crippen LogP) is 2.85. The van der Waals surface area contributed by atoms with E-state index in [1.807, 2.05) is 0 Å². The van der Waals surface area contributed by atoms with Crippen LogP contribution in [-0.2, 0) is 4.79 Å². The molecule has 2 fully saturated rings. The van der Waals surface area contributed by atoms with Crippen molar-refractivity contribution in [3.05, 3.63) is 0 Å². The quantitative estimate of drug-likeness (QED) is 0.823. The average molecular weight is 296 g/mol. The average Bonchev–Trinajstić information content (AvgIpc) is 2.38. The molecule has 1 heterocycles. The van der Waals surface area contributed by atoms with Gasteiger partial charge in [0.25, 0.3) is 0 Å². The fourth-order valence-corrected chi connectivity index (χ4v) is 3.51. The first kappa shape index (κ1) is 16.1. The molecular weight excluding hydrogens is 268 g/mol. The Bertz CT molecular complexity index is 412. The predicted molar refractivity (Wildman–Crippen MR) is 81.1 cm³/mol. The number of nitrogens with one attached hydrogen (secondary N) is 1. The van der Waals surface area contributed by atoms with Crippen LogP contribution in [0.2, 0.25) is 0 Å². The Labute approximate surface area is 127 Å². The first-order chi connectivity index (χ1) is 9.74. The number of piperidine rings is 1. The number of carboxylic acids is 1. The van der Waals surface area contributed by atoms with Crippen LogP contribution in [0.15, 0.2) is 0 Å². The Morgan fingerprint density at radius 1 is 1.19 bits per heavy atom. The van der Waals surface area contributed by atoms with Crippen molar-refractivity contribution < 1.29 is 14.7 Å². The second-order valence-corrected chi connectivity index (χ2v) is 7.67. The summed E-state index contributed by atoms with van der Waals surface area (Å²) in [6.45, 7) is 7.91. The molecule has 2 aliphatic rings. The van der Waals surface area contributed by atoms with Crippen molar-refractivity contribution in [3.8, 4) is 0 Å². The molecule has 5 heteroatoms. The second kappa shape index (κ2) is 5.85. The summed E-state index contributed by atoms with van der Waals surface area (Å²) in [5.41, 5.74) is -0.789. The highest BCUT2D eigenvalue weighted by molar-refractivity contribution is 5.86. The third kappa shape index (κ3) is 3.69. The topological polar surface area (TPSA) is 69.6 Å². The van der Waals surface area contributed by atoms with Crippen LogP contribution in [0.25, 0.3) is 0 Å². The summed E-state index contributed by atoms with van der Waals surface area (Å²) in [5.74, 6) is -0.546. The van der Waals surface area contributed by atoms with Crippen LogP contribution in [0.5, 0.6) is 0 Å². The third-order valence-electron chi connectivity index (χ3n) is 5.16. The summed E-state index contributed by atoms with van der Waals surface area (Å²) in [7, 11) is 0. The molecule has 1 saturated carbocycles. The molecule has 5 nitrogen and oxygen atoms in total. The molecule has 1 aliphatic carbocycles. The van der Waals surface area contributed by atoms with Gasteiger partial charge in [0.05, 0.1) is 0 Å². The molecule has 1 saturated heterocycles. The Morgan fingerprint density at radius 2 is 1.81 bits per heavy atom. The van der Waals surface area contributed by atoms with Gasteiger partial charge in [0.1, 0.15) is 5.54 Å². The number of urea groups is 1. The molecule has 0 aromatic rings. The van der Waals surface area contributed by atoms with Crippen LogP contribution in [0.1, 0.15) is 59.3 Å². The Hall–Kier alpha value is -1.26. The molecule has 0 spiro atoms. The van der Waals surface area contributed by atoms with Crippen LogP contribution in [0.3, 0.4) is 0 Å². The van der Waals surface area contributed by atoms with Gasteiger partial charge in [0.2, 0.25) is 0 Å². The van der Waals surface area contributed by atoms with Crippen molar-refractivity contribution in [1.82, 2.24) is 10.2 Å². The molecular formula is C16H28N2O3. The molecule has 0 bridgehead atoms. The van der Waals surface area contributed by atoms with Crippen molar-refractivity contribution in [2.24, 2.45) is 11.3 Å². The number of rotatable bonds is 2. The third-order valence-corrected chi connectivity index (χ3v) is 5.16. The number of aliphatic carboxylic acids is 1. The van der Waals surface area contributed by atoms with E-state index in [0.717, 1.165) is 25.7 Å². The van der Waals surface area contributed by atoms with Crippen molar-refractivity contribution in [2.75, 3.05) is 13.1 Å². The molecule has 2 atom stereocenters. The van der Waals surface area contributed by atoms with Gasteiger partial charge >= 0.3 is 12.0 Å². The summed E-state index contributed by atoms with van der Waals surface area (Å²) in [6, 6.07) is -0.206. The lowest BCUT2D eigenvalue weighted by Crippen LogP contribution is -2.60. The number of likely N-dealkylation sites (tertiary alicyclic amines) is 1. The van der Waals surface area contributed by atoms with E-state index in [2.05, 4.69) is 26.1 Å². The Balaban J connectivity index is 2.01. The van der Waals surface area contributed by atoms with Crippen LogP contribution in [0.4, 0.5) is 4.79 Å². The largest absolute Gasteiger partial charge is 0.480 e. The van der Waals surface area contributed by atoms with Crippen LogP contribution >= 0.6 is 0 Å². The minimum absolute atomic E-state index is 0.206. The molecule has 120 valence electrons. The zero-order valence-corrected chi connectivity index (χ0v) is 13.4. The fourth-order valence-electron chi connectivity index (χ4n) is 3.51. The maximum Gasteiger partial charge on any atom is 0.329 e. The van der Waals surface area contributed by atoms with Gasteiger partial charge in [-0.3, -0.25) is 0 Å². The van der Waals surface area contributed by atoms with E-state index in [0.29, 0.717) is 31.8 Å². The summed E-state index contributed by atoms with van der Waals surface area (Å²) >= 11 is 0. The van der Waals surface area contributed by atoms with Crippen molar-refractivity contribution >= 4 is 12.0 Å². The van der Waals surface area contributed by atoms with E-state index in [-0.39, 0.29) is 11.4 Å². The maximum absolute atomic E-state index is 12.4. The molecule has 2 N–H and O–H groups in total. The first-order valence-electron chi connectivity index (χ1n) is 8.05. The SMILES string of the molecule is CC1CCCC(NC(=O)N2CCC(C)(C)CC2)(C(=O)O)C1. The Morgan fingerprint density at radius 3 is 2.33 bits per heavy atom. The zero-order valence-electron chi connectivity index (χ0n) is 13.4. The van der Waals surface area contributed by atoms with Gasteiger partial charge in [-0.05, 0) is 37.0 Å². The molecule has 21 heavy (non-hydrogen) atoms. The number of carbonyl (C=O) groups excluding carboxylic acids is 1. The molecule has 2 unspecified atom stereocenters. The normalized spacial score (nSPS) is 32.5. The van der Waals surface area contributed by atoms with Crippen molar-refractivity contribution in [3.63, 3.8) is 0 Å². The second-order valence-electron chi connectivity index (χ2n) is 7.67. The summed E-state index contributed by atoms with van der Waals surface area (Å²) in [4.78, 5) is 25.9. The number of hydrogen-bond acceptors (Lipinski definition) is 2. The highest BCUT2D eigenvalue weighted by Gasteiger charge is 2.44. The van der Waals surface area contributed by atoms with E-state index >= 15 is 0 Å². The van der Waals surface area contributed by atoms with E-state index in [1.54, 1.807) is 4.90 Å². The molecule has 2 rings (SSSR count). The lowest BCUT2D eigenvalue weighted by Gasteiger charge is -2.41. The number of hydrogen-bond donors (Lipinski definition) is 2. The molecule has 1 aliphatic heterocycles. The van der Waals surface area contributed by atoms with Crippen molar-refractivity contribution in [1.29, 1.82) is 0 Å². The van der Waals surface area contributed by atoms with Gasteiger partial charge < -0.3 is 15.3 Å². The van der Waals surface area contributed by atoms with Gasteiger partial charge in [-0.25, -0.2) is 9.59 Å². The lowest BCUT2D eigenvalue weighted by molar-refractivity contribution is -0.146. The molecule has 0 aromatic carbocycles. The molecule has 2 amide bonds. The van der Waals surface area contributed by atoms with Crippen molar-refractivity contribution in [2.45, 2.75) is 64.8 Å². The summed E-state index contributed by atoms with van der Waals surface area (Å²) in [5, 5.41) is 12.5. The molecule has 0 aromatic heterocycles. The van der Waals surface area contributed by atoms with Gasteiger partial charge in [-0.2, -0.15) is 0 Å². The van der Waals surface area contributed by atoms with Gasteiger partial charge in [-0.15, -0.1) is 0 Å². The van der Waals surface area contributed by atoms with E-state index in [9.17, 15) is 14.7 Å². The fraction of sp³-hybridized carbons (Fsp3) is 0.875. The highest BCUT2D eigenvalue weighted by atomic mass is 16.4. The highest BCUT2D eigenvalue weighted by Crippen LogP contribution is 2.34.